The molecule has 0 bridgehead atoms. The largest absolute Gasteiger partial charge is 0.368 e. The lowest BCUT2D eigenvalue weighted by Gasteiger charge is -2.12. The van der Waals surface area contributed by atoms with Crippen LogP contribution in [0.25, 0.3) is 0 Å². The minimum atomic E-state index is 0.369. The van der Waals surface area contributed by atoms with Gasteiger partial charge in [0.1, 0.15) is 0 Å². The third kappa shape index (κ3) is 2.11. The van der Waals surface area contributed by atoms with Crippen LogP contribution in [0.1, 0.15) is 19.8 Å². The van der Waals surface area contributed by atoms with Crippen LogP contribution >= 0.6 is 0 Å². The zero-order valence-electron chi connectivity index (χ0n) is 7.54. The summed E-state index contributed by atoms with van der Waals surface area (Å²) >= 11 is 0. The van der Waals surface area contributed by atoms with Crippen LogP contribution in [0, 0.1) is 0 Å². The third-order valence-corrected chi connectivity index (χ3v) is 1.68. The van der Waals surface area contributed by atoms with Gasteiger partial charge in [0.2, 0.25) is 11.9 Å². The quantitative estimate of drug-likeness (QED) is 0.693. The molecule has 0 aliphatic rings. The van der Waals surface area contributed by atoms with Crippen molar-refractivity contribution in [1.82, 2.24) is 15.2 Å². The Hall–Kier alpha value is -1.26. The molecule has 5 heteroatoms. The summed E-state index contributed by atoms with van der Waals surface area (Å²) in [5.74, 6) is 1.04. The highest BCUT2D eigenvalue weighted by atomic mass is 15.4. The van der Waals surface area contributed by atoms with Crippen LogP contribution in [0.3, 0.4) is 0 Å². The van der Waals surface area contributed by atoms with E-state index in [1.807, 2.05) is 11.9 Å². The molecule has 1 aromatic rings. The second kappa shape index (κ2) is 3.94. The number of hydrogen-bond donors (Lipinski definition) is 2. The normalized spacial score (nSPS) is 10.2. The van der Waals surface area contributed by atoms with E-state index in [4.69, 9.17) is 5.73 Å². The summed E-state index contributed by atoms with van der Waals surface area (Å²) in [4.78, 5) is 5.98. The SMILES string of the molecule is CCCCN(C)c1n[nH]c(N)n1. The van der Waals surface area contributed by atoms with Gasteiger partial charge in [0.25, 0.3) is 0 Å². The lowest BCUT2D eigenvalue weighted by atomic mass is 10.3. The Kier molecular flexibility index (Phi) is 2.90. The van der Waals surface area contributed by atoms with Gasteiger partial charge in [0.05, 0.1) is 0 Å². The van der Waals surface area contributed by atoms with Crippen LogP contribution in [-0.2, 0) is 0 Å². The van der Waals surface area contributed by atoms with Crippen LogP contribution < -0.4 is 10.6 Å². The van der Waals surface area contributed by atoms with E-state index in [-0.39, 0.29) is 0 Å². The number of rotatable bonds is 4. The van der Waals surface area contributed by atoms with Gasteiger partial charge in [-0.2, -0.15) is 4.98 Å². The van der Waals surface area contributed by atoms with Crippen molar-refractivity contribution in [2.24, 2.45) is 0 Å². The highest BCUT2D eigenvalue weighted by Gasteiger charge is 2.04. The number of nitrogens with zero attached hydrogens (tertiary/aromatic N) is 3. The maximum Gasteiger partial charge on any atom is 0.246 e. The first-order valence-electron chi connectivity index (χ1n) is 4.13. The van der Waals surface area contributed by atoms with Crippen molar-refractivity contribution in [1.29, 1.82) is 0 Å². The Morgan fingerprint density at radius 2 is 2.33 bits per heavy atom. The summed E-state index contributed by atoms with van der Waals surface area (Å²) in [5, 5.41) is 6.53. The van der Waals surface area contributed by atoms with Crippen LogP contribution in [0.4, 0.5) is 11.9 Å². The molecule has 0 atom stereocenters. The molecular formula is C7H15N5. The topological polar surface area (TPSA) is 70.8 Å². The predicted octanol–water partition coefficient (Wildman–Crippen LogP) is 0.623. The summed E-state index contributed by atoms with van der Waals surface area (Å²) in [7, 11) is 1.96. The summed E-state index contributed by atoms with van der Waals surface area (Å²) < 4.78 is 0. The molecule has 12 heavy (non-hydrogen) atoms. The van der Waals surface area contributed by atoms with Gasteiger partial charge in [-0.05, 0) is 6.42 Å². The number of nitrogens with two attached hydrogens (primary N) is 1. The summed E-state index contributed by atoms with van der Waals surface area (Å²) in [6.45, 7) is 3.12. The van der Waals surface area contributed by atoms with E-state index in [0.717, 1.165) is 13.0 Å². The van der Waals surface area contributed by atoms with Gasteiger partial charge < -0.3 is 10.6 Å². The number of aromatic amines is 1. The standard InChI is InChI=1S/C7H15N5/c1-3-4-5-12(2)7-9-6(8)10-11-7/h3-5H2,1-2H3,(H3,8,9,10,11). The lowest BCUT2D eigenvalue weighted by molar-refractivity contribution is 0.751. The third-order valence-electron chi connectivity index (χ3n) is 1.68. The highest BCUT2D eigenvalue weighted by molar-refractivity contribution is 5.32. The van der Waals surface area contributed by atoms with Crippen molar-refractivity contribution >= 4 is 11.9 Å². The monoisotopic (exact) mass is 169 g/mol. The molecule has 0 aliphatic carbocycles. The van der Waals surface area contributed by atoms with Crippen molar-refractivity contribution in [3.63, 3.8) is 0 Å². The predicted molar refractivity (Wildman–Crippen MR) is 49.0 cm³/mol. The van der Waals surface area contributed by atoms with E-state index in [1.54, 1.807) is 0 Å². The molecule has 0 radical (unpaired) electrons. The number of unbranched alkanes of at least 4 members (excludes halogenated alkanes) is 1. The fraction of sp³-hybridized carbons (Fsp3) is 0.714. The average molecular weight is 169 g/mol. The van der Waals surface area contributed by atoms with Gasteiger partial charge in [-0.25, -0.2) is 5.10 Å². The zero-order chi connectivity index (χ0) is 8.97. The summed E-state index contributed by atoms with van der Waals surface area (Å²) in [5.41, 5.74) is 5.39. The van der Waals surface area contributed by atoms with Gasteiger partial charge in [-0.15, -0.1) is 5.10 Å². The first kappa shape index (κ1) is 8.83. The maximum absolute atomic E-state index is 5.39. The Morgan fingerprint density at radius 1 is 1.58 bits per heavy atom. The van der Waals surface area contributed by atoms with E-state index >= 15 is 0 Å². The first-order valence-corrected chi connectivity index (χ1v) is 4.13. The van der Waals surface area contributed by atoms with Crippen molar-refractivity contribution in [3.05, 3.63) is 0 Å². The van der Waals surface area contributed by atoms with E-state index in [9.17, 15) is 0 Å². The minimum absolute atomic E-state index is 0.369. The van der Waals surface area contributed by atoms with Crippen LogP contribution in [0.2, 0.25) is 0 Å². The molecule has 0 aliphatic heterocycles. The molecule has 0 unspecified atom stereocenters. The second-order valence-corrected chi connectivity index (χ2v) is 2.80. The molecule has 0 amide bonds. The smallest absolute Gasteiger partial charge is 0.246 e. The van der Waals surface area contributed by atoms with Gasteiger partial charge in [0.15, 0.2) is 0 Å². The average Bonchev–Trinajstić information content (AvgIpc) is 2.47. The lowest BCUT2D eigenvalue weighted by Crippen LogP contribution is -2.19. The zero-order valence-corrected chi connectivity index (χ0v) is 7.54. The van der Waals surface area contributed by atoms with Gasteiger partial charge in [0, 0.05) is 13.6 Å². The molecule has 0 aromatic carbocycles. The fourth-order valence-electron chi connectivity index (χ4n) is 0.931. The van der Waals surface area contributed by atoms with E-state index in [2.05, 4.69) is 22.1 Å². The molecule has 1 rings (SSSR count). The molecule has 3 N–H and O–H groups in total. The Morgan fingerprint density at radius 3 is 2.83 bits per heavy atom. The Labute approximate surface area is 72.0 Å². The number of nitrogens with one attached hydrogen (secondary N) is 1. The van der Waals surface area contributed by atoms with Crippen molar-refractivity contribution < 1.29 is 0 Å². The maximum atomic E-state index is 5.39. The number of hydrogen-bond acceptors (Lipinski definition) is 4. The summed E-state index contributed by atoms with van der Waals surface area (Å²) in [6.07, 6.45) is 2.31. The molecule has 0 spiro atoms. The van der Waals surface area contributed by atoms with Gasteiger partial charge in [-0.1, -0.05) is 13.3 Å². The summed E-state index contributed by atoms with van der Waals surface area (Å²) in [6, 6.07) is 0. The van der Waals surface area contributed by atoms with Gasteiger partial charge >= 0.3 is 0 Å². The number of aromatic nitrogens is 3. The number of nitrogen functional groups attached to an aromatic ring is 1. The van der Waals surface area contributed by atoms with E-state index < -0.39 is 0 Å². The molecule has 0 saturated carbocycles. The Balaban J connectivity index is 2.47. The molecular weight excluding hydrogens is 154 g/mol. The molecule has 0 fully saturated rings. The molecule has 1 aromatic heterocycles. The fourth-order valence-corrected chi connectivity index (χ4v) is 0.931. The van der Waals surface area contributed by atoms with Gasteiger partial charge in [-0.3, -0.25) is 0 Å². The molecule has 68 valence electrons. The number of anilines is 2. The first-order chi connectivity index (χ1) is 5.74. The van der Waals surface area contributed by atoms with E-state index in [1.165, 1.54) is 6.42 Å². The van der Waals surface area contributed by atoms with Crippen molar-refractivity contribution in [3.8, 4) is 0 Å². The molecule has 1 heterocycles. The minimum Gasteiger partial charge on any atom is -0.368 e. The molecule has 0 saturated heterocycles. The van der Waals surface area contributed by atoms with Crippen LogP contribution in [0.15, 0.2) is 0 Å². The van der Waals surface area contributed by atoms with E-state index in [0.29, 0.717) is 11.9 Å². The van der Waals surface area contributed by atoms with Crippen molar-refractivity contribution in [2.45, 2.75) is 19.8 Å². The number of H-pyrrole nitrogens is 1. The molecule has 5 nitrogen and oxygen atoms in total. The Bertz CT molecular complexity index is 231. The van der Waals surface area contributed by atoms with Crippen molar-refractivity contribution in [2.75, 3.05) is 24.2 Å². The second-order valence-electron chi connectivity index (χ2n) is 2.80. The van der Waals surface area contributed by atoms with Crippen LogP contribution in [0.5, 0.6) is 0 Å². The van der Waals surface area contributed by atoms with Crippen LogP contribution in [-0.4, -0.2) is 28.8 Å². The highest BCUT2D eigenvalue weighted by Crippen LogP contribution is 2.05.